The Bertz CT molecular complexity index is 1030. The molecular weight excluding hydrogens is 382 g/mol. The molecule has 4 rings (SSSR count). The van der Waals surface area contributed by atoms with Crippen molar-refractivity contribution >= 4 is 29.1 Å². The summed E-state index contributed by atoms with van der Waals surface area (Å²) in [4.78, 5) is 41.5. The van der Waals surface area contributed by atoms with Crippen LogP contribution in [0, 0.1) is 6.92 Å². The fourth-order valence-corrected chi connectivity index (χ4v) is 4.40. The summed E-state index contributed by atoms with van der Waals surface area (Å²) in [6.07, 6.45) is 1.60. The molecule has 0 radical (unpaired) electrons. The van der Waals surface area contributed by atoms with E-state index >= 15 is 0 Å². The molecule has 1 saturated heterocycles. The first-order valence-electron chi connectivity index (χ1n) is 10.1. The van der Waals surface area contributed by atoms with Gasteiger partial charge in [0.2, 0.25) is 11.8 Å². The van der Waals surface area contributed by atoms with E-state index in [1.165, 1.54) is 0 Å². The Labute approximate surface area is 175 Å². The van der Waals surface area contributed by atoms with Crippen molar-refractivity contribution in [1.82, 2.24) is 4.90 Å². The molecule has 2 aromatic rings. The van der Waals surface area contributed by atoms with Gasteiger partial charge in [0.25, 0.3) is 5.91 Å². The Balaban J connectivity index is 1.46. The Hall–Kier alpha value is -3.35. The molecule has 0 aliphatic carbocycles. The lowest BCUT2D eigenvalue weighted by Gasteiger charge is -2.48. The normalized spacial score (nSPS) is 20.2. The molecule has 7 nitrogen and oxygen atoms in total. The highest BCUT2D eigenvalue weighted by molar-refractivity contribution is 6.10. The minimum atomic E-state index is -0.714. The molecule has 2 N–H and O–H groups in total. The predicted molar refractivity (Wildman–Crippen MR) is 113 cm³/mol. The maximum absolute atomic E-state index is 13.2. The number of benzene rings is 2. The van der Waals surface area contributed by atoms with E-state index in [4.69, 9.17) is 0 Å². The smallest absolute Gasteiger partial charge is 0.257 e. The largest absolute Gasteiger partial charge is 0.506 e. The van der Waals surface area contributed by atoms with Crippen LogP contribution >= 0.6 is 0 Å². The second kappa shape index (κ2) is 7.48. The van der Waals surface area contributed by atoms with Gasteiger partial charge in [-0.15, -0.1) is 0 Å². The average molecular weight is 407 g/mol. The van der Waals surface area contributed by atoms with Crippen molar-refractivity contribution in [2.24, 2.45) is 0 Å². The van der Waals surface area contributed by atoms with Gasteiger partial charge >= 0.3 is 0 Å². The van der Waals surface area contributed by atoms with Crippen LogP contribution < -0.4 is 10.2 Å². The average Bonchev–Trinajstić information content (AvgIpc) is 3.02. The molecule has 1 atom stereocenters. The summed E-state index contributed by atoms with van der Waals surface area (Å²) in [7, 11) is 0. The molecule has 0 spiro atoms. The zero-order chi connectivity index (χ0) is 21.5. The highest BCUT2D eigenvalue weighted by Crippen LogP contribution is 2.44. The first-order valence-corrected chi connectivity index (χ1v) is 10.1. The number of phenolic OH excluding ortho intramolecular Hbond substituents is 1. The standard InChI is InChI=1S/C23H25N3O4/c1-15-9-10-17(19(27)14-15)24-20(28)8-5-13-25-22(30)16-6-3-4-7-18(16)26-21(29)11-12-23(25,26)2/h3-4,6-7,9-10,14,27H,5,8,11-13H2,1-2H3,(H,24,28). The molecule has 2 aromatic carbocycles. The van der Waals surface area contributed by atoms with Gasteiger partial charge in [-0.05, 0) is 56.5 Å². The van der Waals surface area contributed by atoms with Crippen molar-refractivity contribution in [1.29, 1.82) is 0 Å². The van der Waals surface area contributed by atoms with E-state index in [9.17, 15) is 19.5 Å². The summed E-state index contributed by atoms with van der Waals surface area (Å²) in [5.41, 5.74) is 1.73. The lowest BCUT2D eigenvalue weighted by atomic mass is 9.98. The zero-order valence-electron chi connectivity index (χ0n) is 17.1. The lowest BCUT2D eigenvalue weighted by Crippen LogP contribution is -2.62. The lowest BCUT2D eigenvalue weighted by molar-refractivity contribution is -0.118. The molecule has 2 aliphatic heterocycles. The zero-order valence-corrected chi connectivity index (χ0v) is 17.1. The number of fused-ring (bicyclic) bond motifs is 3. The van der Waals surface area contributed by atoms with Gasteiger partial charge in [-0.25, -0.2) is 0 Å². The number of para-hydroxylation sites is 1. The molecule has 2 aliphatic rings. The molecule has 0 aromatic heterocycles. The number of phenols is 1. The number of amides is 3. The van der Waals surface area contributed by atoms with Crippen molar-refractivity contribution in [2.45, 2.75) is 45.2 Å². The maximum Gasteiger partial charge on any atom is 0.257 e. The first kappa shape index (κ1) is 19.9. The van der Waals surface area contributed by atoms with Gasteiger partial charge in [0.1, 0.15) is 11.4 Å². The van der Waals surface area contributed by atoms with E-state index in [2.05, 4.69) is 5.32 Å². The number of rotatable bonds is 5. The third kappa shape index (κ3) is 3.30. The number of carbonyl (C=O) groups is 3. The quantitative estimate of drug-likeness (QED) is 0.743. The van der Waals surface area contributed by atoms with Crippen LogP contribution in [0.3, 0.4) is 0 Å². The third-order valence-corrected chi connectivity index (χ3v) is 5.96. The first-order chi connectivity index (χ1) is 14.3. The van der Waals surface area contributed by atoms with E-state index in [-0.39, 0.29) is 29.9 Å². The van der Waals surface area contributed by atoms with Gasteiger partial charge in [0, 0.05) is 19.4 Å². The number of hydrogen-bond acceptors (Lipinski definition) is 4. The van der Waals surface area contributed by atoms with E-state index < -0.39 is 5.66 Å². The molecule has 156 valence electrons. The third-order valence-electron chi connectivity index (χ3n) is 5.96. The molecule has 0 bridgehead atoms. The molecule has 1 fully saturated rings. The molecular formula is C23H25N3O4. The fourth-order valence-electron chi connectivity index (χ4n) is 4.40. The number of carbonyl (C=O) groups excluding carboxylic acids is 3. The monoisotopic (exact) mass is 407 g/mol. The predicted octanol–water partition coefficient (Wildman–Crippen LogP) is 3.42. The van der Waals surface area contributed by atoms with Crippen LogP contribution in [-0.4, -0.2) is 39.9 Å². The summed E-state index contributed by atoms with van der Waals surface area (Å²) >= 11 is 0. The van der Waals surface area contributed by atoms with Crippen LogP contribution in [0.1, 0.15) is 48.5 Å². The highest BCUT2D eigenvalue weighted by Gasteiger charge is 2.52. The van der Waals surface area contributed by atoms with E-state index in [0.29, 0.717) is 42.7 Å². The van der Waals surface area contributed by atoms with Gasteiger partial charge in [0.05, 0.1) is 16.9 Å². The van der Waals surface area contributed by atoms with E-state index in [1.54, 1.807) is 34.1 Å². The van der Waals surface area contributed by atoms with Crippen LogP contribution in [0.2, 0.25) is 0 Å². The number of nitrogens with zero attached hydrogens (tertiary/aromatic N) is 2. The molecule has 30 heavy (non-hydrogen) atoms. The molecule has 1 unspecified atom stereocenters. The van der Waals surface area contributed by atoms with E-state index in [1.807, 2.05) is 32.0 Å². The highest BCUT2D eigenvalue weighted by atomic mass is 16.3. The summed E-state index contributed by atoms with van der Waals surface area (Å²) in [5.74, 6) is -0.312. The number of aromatic hydroxyl groups is 1. The summed E-state index contributed by atoms with van der Waals surface area (Å²) in [6.45, 7) is 4.13. The Morgan fingerprint density at radius 1 is 1.20 bits per heavy atom. The molecule has 2 heterocycles. The summed E-state index contributed by atoms with van der Waals surface area (Å²) in [6, 6.07) is 12.2. The Morgan fingerprint density at radius 3 is 2.73 bits per heavy atom. The van der Waals surface area contributed by atoms with Crippen LogP contribution in [-0.2, 0) is 9.59 Å². The van der Waals surface area contributed by atoms with Gasteiger partial charge < -0.3 is 15.3 Å². The second-order valence-corrected chi connectivity index (χ2v) is 8.09. The van der Waals surface area contributed by atoms with Crippen molar-refractivity contribution < 1.29 is 19.5 Å². The summed E-state index contributed by atoms with van der Waals surface area (Å²) < 4.78 is 0. The van der Waals surface area contributed by atoms with Gasteiger partial charge in [-0.3, -0.25) is 19.3 Å². The van der Waals surface area contributed by atoms with Gasteiger partial charge in [0.15, 0.2) is 0 Å². The number of aryl methyl sites for hydroxylation is 1. The molecule has 7 heteroatoms. The van der Waals surface area contributed by atoms with Crippen molar-refractivity contribution in [3.8, 4) is 5.75 Å². The van der Waals surface area contributed by atoms with Crippen LogP contribution in [0.5, 0.6) is 5.75 Å². The second-order valence-electron chi connectivity index (χ2n) is 8.09. The van der Waals surface area contributed by atoms with Crippen molar-refractivity contribution in [3.05, 3.63) is 53.6 Å². The minimum Gasteiger partial charge on any atom is -0.506 e. The number of anilines is 2. The number of hydrogen-bond donors (Lipinski definition) is 2. The topological polar surface area (TPSA) is 90.0 Å². The van der Waals surface area contributed by atoms with Crippen LogP contribution in [0.4, 0.5) is 11.4 Å². The van der Waals surface area contributed by atoms with Crippen LogP contribution in [0.15, 0.2) is 42.5 Å². The Kier molecular flexibility index (Phi) is 4.97. The van der Waals surface area contributed by atoms with Gasteiger partial charge in [-0.1, -0.05) is 18.2 Å². The maximum atomic E-state index is 13.2. The minimum absolute atomic E-state index is 0.00930. The SMILES string of the molecule is Cc1ccc(NC(=O)CCCN2C(=O)c3ccccc3N3C(=O)CCC23C)c(O)c1. The van der Waals surface area contributed by atoms with Crippen LogP contribution in [0.25, 0.3) is 0 Å². The van der Waals surface area contributed by atoms with Gasteiger partial charge in [-0.2, -0.15) is 0 Å². The summed E-state index contributed by atoms with van der Waals surface area (Å²) in [5, 5.41) is 12.7. The fraction of sp³-hybridized carbons (Fsp3) is 0.348. The van der Waals surface area contributed by atoms with Crippen molar-refractivity contribution in [2.75, 3.05) is 16.8 Å². The Morgan fingerprint density at radius 2 is 1.97 bits per heavy atom. The number of nitrogens with one attached hydrogen (secondary N) is 1. The molecule has 0 saturated carbocycles. The van der Waals surface area contributed by atoms with E-state index in [0.717, 1.165) is 5.56 Å². The van der Waals surface area contributed by atoms with Crippen molar-refractivity contribution in [3.63, 3.8) is 0 Å². The molecule has 3 amide bonds.